The standard InChI is InChI=1S/C16H14FN3/c1-10-2-4-16(13(17)8-10)20-15-5-3-14(18)12-9-19-7-6-11(12)15/h2-9,20H,18H2,1H3. The number of nitrogen functional groups attached to an aromatic ring is 1. The van der Waals surface area contributed by atoms with E-state index in [1.165, 1.54) is 6.07 Å². The summed E-state index contributed by atoms with van der Waals surface area (Å²) < 4.78 is 13.9. The Morgan fingerprint density at radius 2 is 1.85 bits per heavy atom. The molecule has 20 heavy (non-hydrogen) atoms. The SMILES string of the molecule is Cc1ccc(Nc2ccc(N)c3cnccc23)c(F)c1. The number of rotatable bonds is 2. The lowest BCUT2D eigenvalue weighted by atomic mass is 10.1. The van der Waals surface area contributed by atoms with E-state index in [9.17, 15) is 4.39 Å². The molecule has 0 atom stereocenters. The minimum absolute atomic E-state index is 0.274. The number of nitrogens with zero attached hydrogens (tertiary/aromatic N) is 1. The lowest BCUT2D eigenvalue weighted by Crippen LogP contribution is -1.97. The summed E-state index contributed by atoms with van der Waals surface area (Å²) in [4.78, 5) is 4.07. The molecule has 3 nitrogen and oxygen atoms in total. The Morgan fingerprint density at radius 1 is 1.05 bits per heavy atom. The van der Waals surface area contributed by atoms with Crippen LogP contribution in [-0.4, -0.2) is 4.98 Å². The van der Waals surface area contributed by atoms with Crippen LogP contribution in [0.5, 0.6) is 0 Å². The van der Waals surface area contributed by atoms with E-state index in [1.807, 2.05) is 25.1 Å². The highest BCUT2D eigenvalue weighted by atomic mass is 19.1. The fraction of sp³-hybridized carbons (Fsp3) is 0.0625. The van der Waals surface area contributed by atoms with E-state index in [4.69, 9.17) is 5.73 Å². The number of aromatic nitrogens is 1. The number of aryl methyl sites for hydroxylation is 1. The molecular formula is C16H14FN3. The molecule has 3 N–H and O–H groups in total. The lowest BCUT2D eigenvalue weighted by molar-refractivity contribution is 0.631. The van der Waals surface area contributed by atoms with Gasteiger partial charge in [0.1, 0.15) is 5.82 Å². The van der Waals surface area contributed by atoms with Crippen LogP contribution in [0.3, 0.4) is 0 Å². The van der Waals surface area contributed by atoms with E-state index in [-0.39, 0.29) is 5.82 Å². The molecule has 0 bridgehead atoms. The minimum Gasteiger partial charge on any atom is -0.398 e. The van der Waals surface area contributed by atoms with Crippen LogP contribution in [-0.2, 0) is 0 Å². The second-order valence-electron chi connectivity index (χ2n) is 4.73. The van der Waals surface area contributed by atoms with E-state index in [2.05, 4.69) is 10.3 Å². The third kappa shape index (κ3) is 2.16. The number of benzene rings is 2. The van der Waals surface area contributed by atoms with Gasteiger partial charge in [-0.1, -0.05) is 6.07 Å². The topological polar surface area (TPSA) is 50.9 Å². The number of anilines is 3. The largest absolute Gasteiger partial charge is 0.398 e. The van der Waals surface area contributed by atoms with Crippen molar-refractivity contribution in [3.8, 4) is 0 Å². The molecule has 2 aromatic carbocycles. The summed E-state index contributed by atoms with van der Waals surface area (Å²) in [5, 5.41) is 4.88. The van der Waals surface area contributed by atoms with Gasteiger partial charge in [0.05, 0.1) is 5.69 Å². The lowest BCUT2D eigenvalue weighted by Gasteiger charge is -2.12. The molecule has 100 valence electrons. The quantitative estimate of drug-likeness (QED) is 0.690. The summed E-state index contributed by atoms with van der Waals surface area (Å²) in [7, 11) is 0. The van der Waals surface area contributed by atoms with Gasteiger partial charge >= 0.3 is 0 Å². The monoisotopic (exact) mass is 267 g/mol. The van der Waals surface area contributed by atoms with Gasteiger partial charge in [-0.05, 0) is 42.8 Å². The summed E-state index contributed by atoms with van der Waals surface area (Å²) in [6, 6.07) is 10.6. The predicted octanol–water partition coefficient (Wildman–Crippen LogP) is 4.01. The average Bonchev–Trinajstić information content (AvgIpc) is 2.45. The number of hydrogen-bond acceptors (Lipinski definition) is 3. The minimum atomic E-state index is -0.274. The first-order valence-corrected chi connectivity index (χ1v) is 6.30. The normalized spacial score (nSPS) is 10.7. The molecule has 3 rings (SSSR count). The zero-order chi connectivity index (χ0) is 14.1. The zero-order valence-electron chi connectivity index (χ0n) is 11.0. The third-order valence-electron chi connectivity index (χ3n) is 3.25. The number of fused-ring (bicyclic) bond motifs is 1. The van der Waals surface area contributed by atoms with Crippen molar-refractivity contribution in [2.24, 2.45) is 0 Å². The van der Waals surface area contributed by atoms with Crippen molar-refractivity contribution in [3.05, 3.63) is 60.2 Å². The maximum absolute atomic E-state index is 13.9. The van der Waals surface area contributed by atoms with Crippen LogP contribution >= 0.6 is 0 Å². The van der Waals surface area contributed by atoms with Gasteiger partial charge in [0.15, 0.2) is 0 Å². The number of pyridine rings is 1. The van der Waals surface area contributed by atoms with Crippen LogP contribution in [0.4, 0.5) is 21.5 Å². The highest BCUT2D eigenvalue weighted by Gasteiger charge is 2.07. The zero-order valence-corrected chi connectivity index (χ0v) is 11.0. The summed E-state index contributed by atoms with van der Waals surface area (Å²) in [6.45, 7) is 1.86. The summed E-state index contributed by atoms with van der Waals surface area (Å²) in [5.41, 5.74) is 8.72. The van der Waals surface area contributed by atoms with Crippen LogP contribution in [0.1, 0.15) is 5.56 Å². The van der Waals surface area contributed by atoms with Crippen LogP contribution in [0, 0.1) is 12.7 Å². The first-order valence-electron chi connectivity index (χ1n) is 6.30. The Hall–Kier alpha value is -2.62. The summed E-state index contributed by atoms with van der Waals surface area (Å²) >= 11 is 0. The summed E-state index contributed by atoms with van der Waals surface area (Å²) in [5.74, 6) is -0.274. The van der Waals surface area contributed by atoms with E-state index in [1.54, 1.807) is 24.5 Å². The maximum Gasteiger partial charge on any atom is 0.146 e. The Labute approximate surface area is 116 Å². The van der Waals surface area contributed by atoms with Gasteiger partial charge < -0.3 is 11.1 Å². The Kier molecular flexibility index (Phi) is 2.99. The van der Waals surface area contributed by atoms with E-state index in [0.717, 1.165) is 22.0 Å². The van der Waals surface area contributed by atoms with Crippen LogP contribution < -0.4 is 11.1 Å². The van der Waals surface area contributed by atoms with Crippen molar-refractivity contribution in [1.29, 1.82) is 0 Å². The van der Waals surface area contributed by atoms with E-state index in [0.29, 0.717) is 11.4 Å². The number of nitrogens with two attached hydrogens (primary N) is 1. The molecule has 1 aromatic heterocycles. The van der Waals surface area contributed by atoms with Crippen LogP contribution in [0.25, 0.3) is 10.8 Å². The van der Waals surface area contributed by atoms with Crippen molar-refractivity contribution >= 4 is 27.8 Å². The number of hydrogen-bond donors (Lipinski definition) is 2. The van der Waals surface area contributed by atoms with Gasteiger partial charge in [0.25, 0.3) is 0 Å². The molecule has 0 unspecified atom stereocenters. The molecule has 1 heterocycles. The van der Waals surface area contributed by atoms with Gasteiger partial charge in [0.2, 0.25) is 0 Å². The van der Waals surface area contributed by atoms with E-state index < -0.39 is 0 Å². The molecule has 0 amide bonds. The molecule has 0 saturated carbocycles. The Balaban J connectivity index is 2.09. The molecule has 3 aromatic rings. The highest BCUT2D eigenvalue weighted by molar-refractivity contribution is 6.01. The third-order valence-corrected chi connectivity index (χ3v) is 3.25. The fourth-order valence-corrected chi connectivity index (χ4v) is 2.19. The predicted molar refractivity (Wildman–Crippen MR) is 80.6 cm³/mol. The smallest absolute Gasteiger partial charge is 0.146 e. The van der Waals surface area contributed by atoms with Gasteiger partial charge in [-0.2, -0.15) is 0 Å². The van der Waals surface area contributed by atoms with Crippen molar-refractivity contribution in [2.75, 3.05) is 11.1 Å². The summed E-state index contributed by atoms with van der Waals surface area (Å²) in [6.07, 6.45) is 3.40. The number of nitrogens with one attached hydrogen (secondary N) is 1. The second-order valence-corrected chi connectivity index (χ2v) is 4.73. The first-order chi connectivity index (χ1) is 9.65. The molecule has 0 radical (unpaired) electrons. The molecule has 4 heteroatoms. The fourth-order valence-electron chi connectivity index (χ4n) is 2.19. The van der Waals surface area contributed by atoms with Gasteiger partial charge in [-0.3, -0.25) is 4.98 Å². The van der Waals surface area contributed by atoms with Gasteiger partial charge in [0, 0.05) is 34.5 Å². The molecule has 0 aliphatic heterocycles. The Bertz CT molecular complexity index is 784. The van der Waals surface area contributed by atoms with E-state index >= 15 is 0 Å². The van der Waals surface area contributed by atoms with Crippen molar-refractivity contribution in [1.82, 2.24) is 4.98 Å². The molecule has 0 saturated heterocycles. The first kappa shape index (κ1) is 12.4. The van der Waals surface area contributed by atoms with Crippen LogP contribution in [0.2, 0.25) is 0 Å². The van der Waals surface area contributed by atoms with Crippen molar-refractivity contribution in [2.45, 2.75) is 6.92 Å². The molecular weight excluding hydrogens is 253 g/mol. The molecule has 0 aliphatic rings. The number of halogens is 1. The van der Waals surface area contributed by atoms with Crippen molar-refractivity contribution < 1.29 is 4.39 Å². The van der Waals surface area contributed by atoms with Gasteiger partial charge in [-0.15, -0.1) is 0 Å². The van der Waals surface area contributed by atoms with Crippen LogP contribution in [0.15, 0.2) is 48.8 Å². The molecule has 0 aliphatic carbocycles. The second kappa shape index (κ2) is 4.81. The molecule has 0 fully saturated rings. The highest BCUT2D eigenvalue weighted by Crippen LogP contribution is 2.30. The average molecular weight is 267 g/mol. The maximum atomic E-state index is 13.9. The Morgan fingerprint density at radius 3 is 2.65 bits per heavy atom. The molecule has 0 spiro atoms. The van der Waals surface area contributed by atoms with Crippen molar-refractivity contribution in [3.63, 3.8) is 0 Å². The van der Waals surface area contributed by atoms with Gasteiger partial charge in [-0.25, -0.2) is 4.39 Å².